The molecule has 1 aliphatic carbocycles. The van der Waals surface area contributed by atoms with E-state index in [2.05, 4.69) is 11.1 Å². The van der Waals surface area contributed by atoms with Crippen molar-refractivity contribution in [1.29, 1.82) is 5.26 Å². The average molecular weight is 236 g/mol. The summed E-state index contributed by atoms with van der Waals surface area (Å²) in [7, 11) is 0. The van der Waals surface area contributed by atoms with Crippen LogP contribution in [0.4, 0.5) is 0 Å². The zero-order valence-electron chi connectivity index (χ0n) is 9.89. The molecule has 0 radical (unpaired) electrons. The number of aromatic nitrogens is 1. The summed E-state index contributed by atoms with van der Waals surface area (Å²) in [6, 6.07) is 8.04. The van der Waals surface area contributed by atoms with Gasteiger partial charge in [0.25, 0.3) is 6.26 Å². The fourth-order valence-corrected chi connectivity index (χ4v) is 2.55. The molecule has 88 valence electrons. The highest BCUT2D eigenvalue weighted by Crippen LogP contribution is 2.38. The van der Waals surface area contributed by atoms with Gasteiger partial charge in [-0.05, 0) is 48.1 Å². The monoisotopic (exact) mass is 236 g/mol. The molecule has 0 unspecified atom stereocenters. The standard InChI is InChI=1S/C15H12N2O/c16-10-18-15-13-3-1-2-11(13)4-5-14(15)12-6-8-17-9-7-12/h4-9H,1-3H2. The molecule has 18 heavy (non-hydrogen) atoms. The first-order valence-electron chi connectivity index (χ1n) is 6.01. The first-order chi connectivity index (χ1) is 8.90. The lowest BCUT2D eigenvalue weighted by Gasteiger charge is -2.11. The Labute approximate surface area is 106 Å². The average Bonchev–Trinajstić information content (AvgIpc) is 2.89. The van der Waals surface area contributed by atoms with Crippen LogP contribution in [0.3, 0.4) is 0 Å². The quantitative estimate of drug-likeness (QED) is 0.753. The van der Waals surface area contributed by atoms with E-state index >= 15 is 0 Å². The molecule has 0 bridgehead atoms. The van der Waals surface area contributed by atoms with Crippen LogP contribution in [-0.2, 0) is 12.8 Å². The van der Waals surface area contributed by atoms with Gasteiger partial charge in [-0.25, -0.2) is 0 Å². The molecule has 1 aromatic carbocycles. The summed E-state index contributed by atoms with van der Waals surface area (Å²) in [5.41, 5.74) is 4.49. The van der Waals surface area contributed by atoms with E-state index in [1.807, 2.05) is 24.5 Å². The molecular weight excluding hydrogens is 224 g/mol. The molecule has 1 aliphatic rings. The second-order valence-electron chi connectivity index (χ2n) is 4.36. The van der Waals surface area contributed by atoms with Crippen LogP contribution in [0.15, 0.2) is 36.7 Å². The lowest BCUT2D eigenvalue weighted by Crippen LogP contribution is -1.94. The topological polar surface area (TPSA) is 45.9 Å². The van der Waals surface area contributed by atoms with E-state index in [-0.39, 0.29) is 0 Å². The van der Waals surface area contributed by atoms with E-state index in [1.165, 1.54) is 11.1 Å². The molecule has 0 saturated carbocycles. The molecule has 0 fully saturated rings. The van der Waals surface area contributed by atoms with Crippen molar-refractivity contribution in [2.45, 2.75) is 19.3 Å². The Morgan fingerprint density at radius 3 is 2.72 bits per heavy atom. The van der Waals surface area contributed by atoms with Gasteiger partial charge < -0.3 is 4.74 Å². The zero-order chi connectivity index (χ0) is 12.4. The normalized spacial score (nSPS) is 12.8. The van der Waals surface area contributed by atoms with Gasteiger partial charge in [-0.2, -0.15) is 0 Å². The Bertz CT molecular complexity index is 614. The number of aryl methyl sites for hydroxylation is 1. The van der Waals surface area contributed by atoms with Gasteiger partial charge in [-0.3, -0.25) is 4.98 Å². The molecule has 3 rings (SSSR count). The Kier molecular flexibility index (Phi) is 2.70. The highest BCUT2D eigenvalue weighted by molar-refractivity contribution is 5.73. The summed E-state index contributed by atoms with van der Waals surface area (Å²) in [5, 5.41) is 8.84. The van der Waals surface area contributed by atoms with Crippen molar-refractivity contribution < 1.29 is 4.74 Å². The van der Waals surface area contributed by atoms with Crippen LogP contribution in [0.25, 0.3) is 11.1 Å². The van der Waals surface area contributed by atoms with Crippen molar-refractivity contribution in [2.24, 2.45) is 0 Å². The molecule has 0 amide bonds. The Morgan fingerprint density at radius 1 is 1.11 bits per heavy atom. The molecule has 1 heterocycles. The maximum absolute atomic E-state index is 8.84. The molecule has 0 atom stereocenters. The van der Waals surface area contributed by atoms with Gasteiger partial charge in [0.2, 0.25) is 0 Å². The molecule has 3 heteroatoms. The highest BCUT2D eigenvalue weighted by Gasteiger charge is 2.20. The van der Waals surface area contributed by atoms with Crippen LogP contribution in [-0.4, -0.2) is 4.98 Å². The number of hydrogen-bond donors (Lipinski definition) is 0. The number of hydrogen-bond acceptors (Lipinski definition) is 3. The minimum atomic E-state index is 0.721. The van der Waals surface area contributed by atoms with Gasteiger partial charge >= 0.3 is 0 Å². The first kappa shape index (κ1) is 10.8. The first-order valence-corrected chi connectivity index (χ1v) is 6.01. The molecule has 2 aromatic rings. The molecule has 0 saturated heterocycles. The highest BCUT2D eigenvalue weighted by atomic mass is 16.5. The maximum atomic E-state index is 8.84. The minimum absolute atomic E-state index is 0.721. The lowest BCUT2D eigenvalue weighted by atomic mass is 9.99. The summed E-state index contributed by atoms with van der Waals surface area (Å²) < 4.78 is 5.22. The number of pyridine rings is 1. The zero-order valence-corrected chi connectivity index (χ0v) is 9.89. The van der Waals surface area contributed by atoms with E-state index < -0.39 is 0 Å². The summed E-state index contributed by atoms with van der Waals surface area (Å²) in [5.74, 6) is 0.721. The van der Waals surface area contributed by atoms with Crippen molar-refractivity contribution in [3.8, 4) is 23.1 Å². The second-order valence-corrected chi connectivity index (χ2v) is 4.36. The third-order valence-electron chi connectivity index (χ3n) is 3.37. The van der Waals surface area contributed by atoms with Gasteiger partial charge in [-0.15, -0.1) is 5.26 Å². The molecule has 3 nitrogen and oxygen atoms in total. The van der Waals surface area contributed by atoms with Crippen molar-refractivity contribution in [2.75, 3.05) is 0 Å². The van der Waals surface area contributed by atoms with E-state index in [0.29, 0.717) is 0 Å². The predicted molar refractivity (Wildman–Crippen MR) is 67.9 cm³/mol. The summed E-state index contributed by atoms with van der Waals surface area (Å²) in [6.07, 6.45) is 8.51. The van der Waals surface area contributed by atoms with E-state index in [0.717, 1.165) is 36.1 Å². The van der Waals surface area contributed by atoms with Crippen molar-refractivity contribution in [1.82, 2.24) is 4.98 Å². The largest absolute Gasteiger partial charge is 0.387 e. The Balaban J connectivity index is 2.19. The van der Waals surface area contributed by atoms with Crippen molar-refractivity contribution in [3.63, 3.8) is 0 Å². The van der Waals surface area contributed by atoms with Crippen LogP contribution in [0.1, 0.15) is 17.5 Å². The van der Waals surface area contributed by atoms with Crippen LogP contribution < -0.4 is 4.74 Å². The lowest BCUT2D eigenvalue weighted by molar-refractivity contribution is 0.503. The summed E-state index contributed by atoms with van der Waals surface area (Å²) in [6.45, 7) is 0. The van der Waals surface area contributed by atoms with Crippen LogP contribution >= 0.6 is 0 Å². The SMILES string of the molecule is N#COc1c(-c2ccncc2)ccc2c1CCC2. The van der Waals surface area contributed by atoms with Crippen molar-refractivity contribution >= 4 is 0 Å². The number of ether oxygens (including phenoxy) is 1. The number of rotatable bonds is 2. The number of nitrogens with zero attached hydrogens (tertiary/aromatic N) is 2. The van der Waals surface area contributed by atoms with E-state index in [9.17, 15) is 0 Å². The van der Waals surface area contributed by atoms with E-state index in [4.69, 9.17) is 10.00 Å². The maximum Gasteiger partial charge on any atom is 0.292 e. The number of nitriles is 1. The summed E-state index contributed by atoms with van der Waals surface area (Å²) in [4.78, 5) is 4.01. The van der Waals surface area contributed by atoms with Gasteiger partial charge in [0.05, 0.1) is 0 Å². The fourth-order valence-electron chi connectivity index (χ4n) is 2.55. The smallest absolute Gasteiger partial charge is 0.292 e. The third kappa shape index (κ3) is 1.72. The van der Waals surface area contributed by atoms with E-state index in [1.54, 1.807) is 12.4 Å². The van der Waals surface area contributed by atoms with Crippen LogP contribution in [0, 0.1) is 11.5 Å². The Morgan fingerprint density at radius 2 is 1.94 bits per heavy atom. The number of benzene rings is 1. The molecule has 1 aromatic heterocycles. The Hall–Kier alpha value is -2.34. The van der Waals surface area contributed by atoms with Crippen LogP contribution in [0.5, 0.6) is 5.75 Å². The molecular formula is C15H12N2O. The molecule has 0 aliphatic heterocycles. The van der Waals surface area contributed by atoms with Gasteiger partial charge in [0, 0.05) is 18.0 Å². The van der Waals surface area contributed by atoms with Crippen LogP contribution in [0.2, 0.25) is 0 Å². The predicted octanol–water partition coefficient (Wildman–Crippen LogP) is 3.10. The van der Waals surface area contributed by atoms with Gasteiger partial charge in [0.1, 0.15) is 0 Å². The second kappa shape index (κ2) is 4.50. The molecule has 0 N–H and O–H groups in total. The molecule has 0 spiro atoms. The van der Waals surface area contributed by atoms with Crippen molar-refractivity contribution in [3.05, 3.63) is 47.8 Å². The third-order valence-corrected chi connectivity index (χ3v) is 3.37. The summed E-state index contributed by atoms with van der Waals surface area (Å²) >= 11 is 0. The fraction of sp³-hybridized carbons (Fsp3) is 0.200. The number of fused-ring (bicyclic) bond motifs is 1. The minimum Gasteiger partial charge on any atom is -0.387 e. The van der Waals surface area contributed by atoms with Gasteiger partial charge in [0.15, 0.2) is 5.75 Å². The van der Waals surface area contributed by atoms with Gasteiger partial charge in [-0.1, -0.05) is 12.1 Å².